The summed E-state index contributed by atoms with van der Waals surface area (Å²) >= 11 is 0. The standard InChI is InChI=1S/C26H25NO7/c1-32-22-12-15(13-23(33-2)24(22)28)11-21(25(29)30)27-26(31)34-14-20-18-9-5-3-7-16(18)17-8-4-6-10-19(17)20/h3-10,12-13,20-21,28H,11,14H2,1-2H3,(H,27,31)(H,29,30). The van der Waals surface area contributed by atoms with Gasteiger partial charge < -0.3 is 29.7 Å². The molecule has 0 spiro atoms. The maximum Gasteiger partial charge on any atom is 0.407 e. The predicted octanol–water partition coefficient (Wildman–Crippen LogP) is 3.94. The number of fused-ring (bicyclic) bond motifs is 3. The van der Waals surface area contributed by atoms with Crippen LogP contribution in [0.5, 0.6) is 17.2 Å². The highest BCUT2D eigenvalue weighted by Crippen LogP contribution is 2.44. The van der Waals surface area contributed by atoms with Gasteiger partial charge in [-0.15, -0.1) is 0 Å². The van der Waals surface area contributed by atoms with Gasteiger partial charge in [0.1, 0.15) is 12.6 Å². The normalized spacial score (nSPS) is 12.9. The zero-order valence-corrected chi connectivity index (χ0v) is 18.8. The molecule has 0 aromatic heterocycles. The van der Waals surface area contributed by atoms with Crippen molar-refractivity contribution in [1.82, 2.24) is 5.32 Å². The number of ether oxygens (including phenoxy) is 3. The first-order valence-corrected chi connectivity index (χ1v) is 10.7. The topological polar surface area (TPSA) is 114 Å². The number of phenolic OH excluding ortho intramolecular Hbond substituents is 1. The van der Waals surface area contributed by atoms with Crippen LogP contribution in [-0.4, -0.2) is 49.1 Å². The molecule has 0 fully saturated rings. The molecule has 0 heterocycles. The number of rotatable bonds is 8. The maximum absolute atomic E-state index is 12.5. The lowest BCUT2D eigenvalue weighted by Crippen LogP contribution is -2.42. The van der Waals surface area contributed by atoms with Crippen LogP contribution in [0.1, 0.15) is 22.6 Å². The van der Waals surface area contributed by atoms with E-state index < -0.39 is 18.1 Å². The van der Waals surface area contributed by atoms with Crippen LogP contribution in [0.15, 0.2) is 60.7 Å². The monoisotopic (exact) mass is 463 g/mol. The number of carbonyl (C=O) groups is 2. The lowest BCUT2D eigenvalue weighted by molar-refractivity contribution is -0.139. The van der Waals surface area contributed by atoms with Crippen molar-refractivity contribution in [2.45, 2.75) is 18.4 Å². The second-order valence-electron chi connectivity index (χ2n) is 7.91. The highest BCUT2D eigenvalue weighted by atomic mass is 16.5. The Morgan fingerprint density at radius 2 is 1.47 bits per heavy atom. The quantitative estimate of drug-likeness (QED) is 0.464. The fraction of sp³-hybridized carbons (Fsp3) is 0.231. The molecule has 8 heteroatoms. The smallest absolute Gasteiger partial charge is 0.407 e. The van der Waals surface area contributed by atoms with E-state index in [0.717, 1.165) is 22.3 Å². The molecule has 1 unspecified atom stereocenters. The second-order valence-corrected chi connectivity index (χ2v) is 7.91. The number of carboxylic acid groups (broad SMARTS) is 1. The van der Waals surface area contributed by atoms with Gasteiger partial charge in [0.05, 0.1) is 14.2 Å². The van der Waals surface area contributed by atoms with Gasteiger partial charge >= 0.3 is 12.1 Å². The minimum Gasteiger partial charge on any atom is -0.502 e. The van der Waals surface area contributed by atoms with Crippen LogP contribution in [0, 0.1) is 0 Å². The van der Waals surface area contributed by atoms with Gasteiger partial charge in [-0.2, -0.15) is 0 Å². The van der Waals surface area contributed by atoms with E-state index in [-0.39, 0.29) is 36.2 Å². The van der Waals surface area contributed by atoms with Crippen LogP contribution >= 0.6 is 0 Å². The first kappa shape index (κ1) is 23.0. The molecule has 8 nitrogen and oxygen atoms in total. The fourth-order valence-corrected chi connectivity index (χ4v) is 4.28. The number of carbonyl (C=O) groups excluding carboxylic acids is 1. The first-order valence-electron chi connectivity index (χ1n) is 10.7. The molecule has 0 bridgehead atoms. The number of hydrogen-bond donors (Lipinski definition) is 3. The number of benzene rings is 3. The third-order valence-corrected chi connectivity index (χ3v) is 5.91. The number of carboxylic acids is 1. The molecule has 0 aliphatic heterocycles. The molecule has 0 radical (unpaired) electrons. The van der Waals surface area contributed by atoms with Crippen molar-refractivity contribution in [2.24, 2.45) is 0 Å². The van der Waals surface area contributed by atoms with E-state index in [0.29, 0.717) is 5.56 Å². The SMILES string of the molecule is COc1cc(CC(NC(=O)OCC2c3ccccc3-c3ccccc32)C(=O)O)cc(OC)c1O. The molecule has 3 aromatic carbocycles. The Morgan fingerprint density at radius 1 is 0.941 bits per heavy atom. The second kappa shape index (κ2) is 9.74. The van der Waals surface area contributed by atoms with Crippen molar-refractivity contribution in [3.63, 3.8) is 0 Å². The van der Waals surface area contributed by atoms with E-state index in [1.54, 1.807) is 0 Å². The van der Waals surface area contributed by atoms with E-state index in [1.165, 1.54) is 26.4 Å². The van der Waals surface area contributed by atoms with E-state index in [1.807, 2.05) is 48.5 Å². The fourth-order valence-electron chi connectivity index (χ4n) is 4.28. The Kier molecular flexibility index (Phi) is 6.58. The van der Waals surface area contributed by atoms with Crippen molar-refractivity contribution in [3.8, 4) is 28.4 Å². The summed E-state index contributed by atoms with van der Waals surface area (Å²) in [6.45, 7) is 0.0764. The zero-order valence-electron chi connectivity index (χ0n) is 18.8. The average molecular weight is 463 g/mol. The molecule has 176 valence electrons. The molecule has 1 aliphatic rings. The highest BCUT2D eigenvalue weighted by molar-refractivity contribution is 5.81. The number of alkyl carbamates (subject to hydrolysis) is 1. The van der Waals surface area contributed by atoms with Crippen molar-refractivity contribution in [1.29, 1.82) is 0 Å². The van der Waals surface area contributed by atoms with Crippen LogP contribution < -0.4 is 14.8 Å². The zero-order chi connectivity index (χ0) is 24.2. The van der Waals surface area contributed by atoms with Crippen LogP contribution in [-0.2, 0) is 16.0 Å². The number of amides is 1. The van der Waals surface area contributed by atoms with Crippen molar-refractivity contribution in [2.75, 3.05) is 20.8 Å². The molecule has 1 atom stereocenters. The molecule has 0 saturated carbocycles. The van der Waals surface area contributed by atoms with Gasteiger partial charge in [0.25, 0.3) is 0 Å². The highest BCUT2D eigenvalue weighted by Gasteiger charge is 2.30. The third kappa shape index (κ3) is 4.47. The molecular weight excluding hydrogens is 438 g/mol. The Morgan fingerprint density at radius 3 is 1.97 bits per heavy atom. The minimum absolute atomic E-state index is 0.0630. The average Bonchev–Trinajstić information content (AvgIpc) is 3.16. The number of hydrogen-bond acceptors (Lipinski definition) is 6. The molecule has 1 aliphatic carbocycles. The van der Waals surface area contributed by atoms with Gasteiger partial charge in [-0.25, -0.2) is 9.59 Å². The predicted molar refractivity (Wildman–Crippen MR) is 125 cm³/mol. The summed E-state index contributed by atoms with van der Waals surface area (Å²) in [6.07, 6.45) is -0.890. The van der Waals surface area contributed by atoms with Gasteiger partial charge in [-0.3, -0.25) is 0 Å². The van der Waals surface area contributed by atoms with Gasteiger partial charge in [0, 0.05) is 12.3 Å². The summed E-state index contributed by atoms with van der Waals surface area (Å²) in [5, 5.41) is 22.1. The Hall–Kier alpha value is -4.20. The van der Waals surface area contributed by atoms with E-state index in [2.05, 4.69) is 5.32 Å². The molecule has 4 rings (SSSR count). The summed E-state index contributed by atoms with van der Waals surface area (Å²) in [4.78, 5) is 24.4. The third-order valence-electron chi connectivity index (χ3n) is 5.91. The van der Waals surface area contributed by atoms with Crippen LogP contribution in [0.2, 0.25) is 0 Å². The van der Waals surface area contributed by atoms with Gasteiger partial charge in [0.15, 0.2) is 11.5 Å². The minimum atomic E-state index is -1.25. The number of aliphatic carboxylic acids is 1. The number of methoxy groups -OCH3 is 2. The maximum atomic E-state index is 12.5. The summed E-state index contributed by atoms with van der Waals surface area (Å²) in [7, 11) is 2.75. The molecule has 3 N–H and O–H groups in total. The lowest BCUT2D eigenvalue weighted by atomic mass is 9.98. The van der Waals surface area contributed by atoms with Crippen LogP contribution in [0.25, 0.3) is 11.1 Å². The van der Waals surface area contributed by atoms with Gasteiger partial charge in [0.2, 0.25) is 5.75 Å². The Bertz CT molecular complexity index is 1150. The van der Waals surface area contributed by atoms with Gasteiger partial charge in [-0.1, -0.05) is 48.5 Å². The van der Waals surface area contributed by atoms with Crippen molar-refractivity contribution >= 4 is 12.1 Å². The number of aromatic hydroxyl groups is 1. The Labute approximate surface area is 196 Å². The molecule has 34 heavy (non-hydrogen) atoms. The summed E-state index contributed by atoms with van der Waals surface area (Å²) in [5.74, 6) is -1.27. The van der Waals surface area contributed by atoms with Crippen molar-refractivity contribution in [3.05, 3.63) is 77.4 Å². The Balaban J connectivity index is 1.45. The largest absolute Gasteiger partial charge is 0.502 e. The lowest BCUT2D eigenvalue weighted by Gasteiger charge is -2.18. The number of phenols is 1. The van der Waals surface area contributed by atoms with E-state index >= 15 is 0 Å². The summed E-state index contributed by atoms with van der Waals surface area (Å²) in [5.41, 5.74) is 4.83. The summed E-state index contributed by atoms with van der Waals surface area (Å²) in [6, 6.07) is 17.6. The van der Waals surface area contributed by atoms with E-state index in [9.17, 15) is 19.8 Å². The van der Waals surface area contributed by atoms with Crippen LogP contribution in [0.4, 0.5) is 4.79 Å². The molecule has 1 amide bonds. The molecular formula is C26H25NO7. The summed E-state index contributed by atoms with van der Waals surface area (Å²) < 4.78 is 15.7. The first-order chi connectivity index (χ1) is 16.4. The van der Waals surface area contributed by atoms with Crippen LogP contribution in [0.3, 0.4) is 0 Å². The molecule has 3 aromatic rings. The van der Waals surface area contributed by atoms with E-state index in [4.69, 9.17) is 14.2 Å². The molecule has 0 saturated heterocycles. The van der Waals surface area contributed by atoms with Gasteiger partial charge in [-0.05, 0) is 39.9 Å². The number of nitrogens with one attached hydrogen (secondary N) is 1. The van der Waals surface area contributed by atoms with Crippen molar-refractivity contribution < 1.29 is 34.0 Å².